The fourth-order valence-electron chi connectivity index (χ4n) is 2.66. The van der Waals surface area contributed by atoms with Crippen molar-refractivity contribution in [2.75, 3.05) is 26.7 Å². The Kier molecular flexibility index (Phi) is 5.00. The fraction of sp³-hybridized carbons (Fsp3) is 0.647. The van der Waals surface area contributed by atoms with Gasteiger partial charge in [-0.2, -0.15) is 0 Å². The molecule has 0 radical (unpaired) electrons. The van der Waals surface area contributed by atoms with E-state index in [2.05, 4.69) is 48.3 Å². The zero-order valence-corrected chi connectivity index (χ0v) is 12.7. The molecule has 0 atom stereocenters. The standard InChI is InChI=1S/C17H28N2/c1-17(2)9-12-19(13-10-17)14-16-6-4-15(5-7-16)8-11-18-3/h4-7,18H,8-14H2,1-3H3. The first-order valence-electron chi connectivity index (χ1n) is 7.54. The van der Waals surface area contributed by atoms with Gasteiger partial charge < -0.3 is 5.32 Å². The van der Waals surface area contributed by atoms with Crippen molar-refractivity contribution in [3.63, 3.8) is 0 Å². The normalized spacial score (nSPS) is 19.5. The summed E-state index contributed by atoms with van der Waals surface area (Å²) in [4.78, 5) is 2.59. The van der Waals surface area contributed by atoms with Crippen molar-refractivity contribution in [2.24, 2.45) is 5.41 Å². The zero-order chi connectivity index (χ0) is 13.7. The summed E-state index contributed by atoms with van der Waals surface area (Å²) in [5.41, 5.74) is 3.43. The van der Waals surface area contributed by atoms with Gasteiger partial charge in [0.25, 0.3) is 0 Å². The summed E-state index contributed by atoms with van der Waals surface area (Å²) >= 11 is 0. The van der Waals surface area contributed by atoms with Crippen molar-refractivity contribution in [1.29, 1.82) is 0 Å². The highest BCUT2D eigenvalue weighted by molar-refractivity contribution is 5.22. The topological polar surface area (TPSA) is 15.3 Å². The van der Waals surface area contributed by atoms with Crippen LogP contribution in [-0.2, 0) is 13.0 Å². The van der Waals surface area contributed by atoms with E-state index < -0.39 is 0 Å². The van der Waals surface area contributed by atoms with Gasteiger partial charge in [-0.15, -0.1) is 0 Å². The van der Waals surface area contributed by atoms with E-state index in [9.17, 15) is 0 Å². The summed E-state index contributed by atoms with van der Waals surface area (Å²) in [6.45, 7) is 9.44. The minimum atomic E-state index is 0.549. The second-order valence-electron chi connectivity index (χ2n) is 6.61. The third-order valence-electron chi connectivity index (χ3n) is 4.30. The predicted molar refractivity (Wildman–Crippen MR) is 82.4 cm³/mol. The van der Waals surface area contributed by atoms with E-state index in [1.165, 1.54) is 37.1 Å². The average molecular weight is 260 g/mol. The fourth-order valence-corrected chi connectivity index (χ4v) is 2.66. The molecule has 0 amide bonds. The lowest BCUT2D eigenvalue weighted by molar-refractivity contribution is 0.127. The molecule has 0 saturated carbocycles. The molecule has 1 fully saturated rings. The van der Waals surface area contributed by atoms with Crippen LogP contribution >= 0.6 is 0 Å². The van der Waals surface area contributed by atoms with E-state index >= 15 is 0 Å². The Balaban J connectivity index is 1.83. The second-order valence-corrected chi connectivity index (χ2v) is 6.61. The van der Waals surface area contributed by atoms with E-state index in [0.29, 0.717) is 5.41 Å². The number of likely N-dealkylation sites (N-methyl/N-ethyl adjacent to an activating group) is 1. The van der Waals surface area contributed by atoms with Crippen LogP contribution in [0, 0.1) is 5.41 Å². The summed E-state index contributed by atoms with van der Waals surface area (Å²) in [5, 5.41) is 3.20. The van der Waals surface area contributed by atoms with Crippen LogP contribution in [0.5, 0.6) is 0 Å². The highest BCUT2D eigenvalue weighted by Crippen LogP contribution is 2.30. The molecule has 19 heavy (non-hydrogen) atoms. The van der Waals surface area contributed by atoms with Gasteiger partial charge in [0.1, 0.15) is 0 Å². The average Bonchev–Trinajstić information content (AvgIpc) is 2.40. The number of benzene rings is 1. The maximum atomic E-state index is 3.20. The van der Waals surface area contributed by atoms with Gasteiger partial charge in [-0.1, -0.05) is 38.1 Å². The molecule has 106 valence electrons. The number of hydrogen-bond acceptors (Lipinski definition) is 2. The van der Waals surface area contributed by atoms with Crippen molar-refractivity contribution < 1.29 is 0 Å². The lowest BCUT2D eigenvalue weighted by atomic mass is 9.82. The third-order valence-corrected chi connectivity index (χ3v) is 4.30. The Morgan fingerprint density at radius 1 is 1.05 bits per heavy atom. The van der Waals surface area contributed by atoms with Gasteiger partial charge in [-0.3, -0.25) is 4.90 Å². The molecule has 0 aromatic heterocycles. The first-order chi connectivity index (χ1) is 9.09. The summed E-state index contributed by atoms with van der Waals surface area (Å²) in [6, 6.07) is 9.15. The number of rotatable bonds is 5. The second kappa shape index (κ2) is 6.53. The number of likely N-dealkylation sites (tertiary alicyclic amines) is 1. The van der Waals surface area contributed by atoms with E-state index in [4.69, 9.17) is 0 Å². The van der Waals surface area contributed by atoms with Crippen molar-refractivity contribution in [1.82, 2.24) is 10.2 Å². The van der Waals surface area contributed by atoms with Crippen LogP contribution in [0.3, 0.4) is 0 Å². The van der Waals surface area contributed by atoms with E-state index in [0.717, 1.165) is 19.5 Å². The molecule has 1 aromatic carbocycles. The van der Waals surface area contributed by atoms with Crippen LogP contribution in [0.4, 0.5) is 0 Å². The number of piperidine rings is 1. The largest absolute Gasteiger partial charge is 0.319 e. The smallest absolute Gasteiger partial charge is 0.0233 e. The summed E-state index contributed by atoms with van der Waals surface area (Å²) in [5.74, 6) is 0. The molecule has 2 rings (SSSR count). The lowest BCUT2D eigenvalue weighted by Crippen LogP contribution is -2.36. The van der Waals surface area contributed by atoms with Gasteiger partial charge in [0.15, 0.2) is 0 Å². The molecule has 1 N–H and O–H groups in total. The molecule has 0 aliphatic carbocycles. The van der Waals surface area contributed by atoms with Crippen LogP contribution in [0.2, 0.25) is 0 Å². The summed E-state index contributed by atoms with van der Waals surface area (Å²) < 4.78 is 0. The molecular weight excluding hydrogens is 232 g/mol. The molecule has 0 bridgehead atoms. The molecule has 0 spiro atoms. The van der Waals surface area contributed by atoms with Gasteiger partial charge in [-0.25, -0.2) is 0 Å². The van der Waals surface area contributed by atoms with E-state index in [-0.39, 0.29) is 0 Å². The summed E-state index contributed by atoms with van der Waals surface area (Å²) in [6.07, 6.45) is 3.77. The van der Waals surface area contributed by atoms with Gasteiger partial charge in [-0.05, 0) is 62.5 Å². The van der Waals surface area contributed by atoms with Crippen LogP contribution in [-0.4, -0.2) is 31.6 Å². The Morgan fingerprint density at radius 2 is 1.63 bits per heavy atom. The van der Waals surface area contributed by atoms with Crippen molar-refractivity contribution in [2.45, 2.75) is 39.7 Å². The molecule has 1 heterocycles. The van der Waals surface area contributed by atoms with Gasteiger partial charge in [0, 0.05) is 6.54 Å². The Morgan fingerprint density at radius 3 is 2.21 bits per heavy atom. The van der Waals surface area contributed by atoms with Gasteiger partial charge in [0.05, 0.1) is 0 Å². The first-order valence-corrected chi connectivity index (χ1v) is 7.54. The SMILES string of the molecule is CNCCc1ccc(CN2CCC(C)(C)CC2)cc1. The molecule has 1 aromatic rings. The maximum Gasteiger partial charge on any atom is 0.0233 e. The Bertz CT molecular complexity index is 371. The van der Waals surface area contributed by atoms with Crippen molar-refractivity contribution in [3.8, 4) is 0 Å². The molecule has 2 nitrogen and oxygen atoms in total. The number of nitrogens with one attached hydrogen (secondary N) is 1. The third kappa shape index (κ3) is 4.63. The number of hydrogen-bond donors (Lipinski definition) is 1. The molecule has 1 saturated heterocycles. The van der Waals surface area contributed by atoms with Crippen LogP contribution in [0.15, 0.2) is 24.3 Å². The Hall–Kier alpha value is -0.860. The molecular formula is C17H28N2. The lowest BCUT2D eigenvalue weighted by Gasteiger charge is -2.36. The van der Waals surface area contributed by atoms with E-state index in [1.807, 2.05) is 7.05 Å². The number of nitrogens with zero attached hydrogens (tertiary/aromatic N) is 1. The monoisotopic (exact) mass is 260 g/mol. The van der Waals surface area contributed by atoms with E-state index in [1.54, 1.807) is 0 Å². The van der Waals surface area contributed by atoms with Crippen molar-refractivity contribution >= 4 is 0 Å². The molecule has 0 unspecified atom stereocenters. The highest BCUT2D eigenvalue weighted by atomic mass is 15.1. The predicted octanol–water partition coefficient (Wildman–Crippen LogP) is 3.07. The summed E-state index contributed by atoms with van der Waals surface area (Å²) in [7, 11) is 2.01. The highest BCUT2D eigenvalue weighted by Gasteiger charge is 2.24. The zero-order valence-electron chi connectivity index (χ0n) is 12.7. The van der Waals surface area contributed by atoms with Crippen LogP contribution < -0.4 is 5.32 Å². The molecule has 2 heteroatoms. The quantitative estimate of drug-likeness (QED) is 0.875. The maximum absolute atomic E-state index is 3.20. The van der Waals surface area contributed by atoms with Gasteiger partial charge >= 0.3 is 0 Å². The molecule has 1 aliphatic rings. The van der Waals surface area contributed by atoms with Crippen LogP contribution in [0.1, 0.15) is 37.8 Å². The molecule has 1 aliphatic heterocycles. The van der Waals surface area contributed by atoms with Crippen molar-refractivity contribution in [3.05, 3.63) is 35.4 Å². The van der Waals surface area contributed by atoms with Crippen LogP contribution in [0.25, 0.3) is 0 Å². The first kappa shape index (κ1) is 14.5. The minimum Gasteiger partial charge on any atom is -0.319 e. The van der Waals surface area contributed by atoms with Gasteiger partial charge in [0.2, 0.25) is 0 Å². The Labute approximate surface area is 118 Å². The minimum absolute atomic E-state index is 0.549.